The van der Waals surface area contributed by atoms with E-state index in [1.54, 1.807) is 10.6 Å². The number of aryl methyl sites for hydroxylation is 1. The smallest absolute Gasteiger partial charge is 0.217 e. The van der Waals surface area contributed by atoms with Crippen LogP contribution in [0.4, 0.5) is 5.82 Å². The van der Waals surface area contributed by atoms with Crippen LogP contribution in [-0.2, 0) is 16.6 Å². The lowest BCUT2D eigenvalue weighted by Crippen LogP contribution is -2.40. The lowest BCUT2D eigenvalue weighted by molar-refractivity contribution is 0.415. The molecule has 0 bridgehead atoms. The molecule has 0 amide bonds. The van der Waals surface area contributed by atoms with Crippen molar-refractivity contribution in [3.8, 4) is 0 Å². The number of imidazole rings is 1. The minimum atomic E-state index is -3.15. The molecule has 1 saturated carbocycles. The third-order valence-electron chi connectivity index (χ3n) is 6.81. The van der Waals surface area contributed by atoms with Gasteiger partial charge < -0.3 is 9.47 Å². The summed E-state index contributed by atoms with van der Waals surface area (Å²) in [5.41, 5.74) is 1.71. The summed E-state index contributed by atoms with van der Waals surface area (Å²) in [6.07, 6.45) is 8.36. The Labute approximate surface area is 166 Å². The second-order valence-electron chi connectivity index (χ2n) is 8.45. The van der Waals surface area contributed by atoms with Crippen LogP contribution in [0.2, 0.25) is 0 Å². The fraction of sp³-hybridized carbons (Fsp3) is 0.737. The van der Waals surface area contributed by atoms with Crippen LogP contribution < -0.4 is 4.90 Å². The highest BCUT2D eigenvalue weighted by Crippen LogP contribution is 2.38. The SMILES string of the molecule is CCn1cnc2c(N3CC4CN(S(=O)(=O)C5CCCCC5)CC4C3)ncnc21. The summed E-state index contributed by atoms with van der Waals surface area (Å²) in [7, 11) is -3.15. The molecule has 0 N–H and O–H groups in total. The summed E-state index contributed by atoms with van der Waals surface area (Å²) >= 11 is 0. The number of nitrogens with zero attached hydrogens (tertiary/aromatic N) is 6. The molecule has 5 rings (SSSR count). The molecule has 2 atom stereocenters. The Morgan fingerprint density at radius 1 is 1.00 bits per heavy atom. The molecule has 8 nitrogen and oxygen atoms in total. The van der Waals surface area contributed by atoms with E-state index in [1.165, 1.54) is 6.42 Å². The van der Waals surface area contributed by atoms with Gasteiger partial charge in [0, 0.05) is 32.7 Å². The summed E-state index contributed by atoms with van der Waals surface area (Å²) in [4.78, 5) is 15.7. The lowest BCUT2D eigenvalue weighted by atomic mass is 10.0. The molecule has 3 fully saturated rings. The van der Waals surface area contributed by atoms with E-state index in [9.17, 15) is 8.42 Å². The van der Waals surface area contributed by atoms with E-state index >= 15 is 0 Å². The van der Waals surface area contributed by atoms with Gasteiger partial charge in [-0.05, 0) is 31.6 Å². The van der Waals surface area contributed by atoms with Crippen molar-refractivity contribution in [2.45, 2.75) is 50.8 Å². The van der Waals surface area contributed by atoms with Crippen molar-refractivity contribution < 1.29 is 8.42 Å². The molecule has 4 heterocycles. The van der Waals surface area contributed by atoms with Gasteiger partial charge in [-0.25, -0.2) is 27.7 Å². The molecule has 2 aromatic rings. The molecule has 0 radical (unpaired) electrons. The van der Waals surface area contributed by atoms with E-state index in [2.05, 4.69) is 26.8 Å². The van der Waals surface area contributed by atoms with Crippen LogP contribution in [-0.4, -0.2) is 63.7 Å². The summed E-state index contributed by atoms with van der Waals surface area (Å²) in [6, 6.07) is 0. The number of hydrogen-bond donors (Lipinski definition) is 0. The van der Waals surface area contributed by atoms with Gasteiger partial charge in [0.25, 0.3) is 0 Å². The van der Waals surface area contributed by atoms with Gasteiger partial charge in [-0.1, -0.05) is 19.3 Å². The highest BCUT2D eigenvalue weighted by Gasteiger charge is 2.46. The number of fused-ring (bicyclic) bond motifs is 2. The van der Waals surface area contributed by atoms with E-state index in [0.717, 1.165) is 62.3 Å². The first-order chi connectivity index (χ1) is 13.6. The molecule has 2 aromatic heterocycles. The molecule has 28 heavy (non-hydrogen) atoms. The Morgan fingerprint density at radius 3 is 2.39 bits per heavy atom. The fourth-order valence-electron chi connectivity index (χ4n) is 5.24. The van der Waals surface area contributed by atoms with Crippen molar-refractivity contribution in [3.05, 3.63) is 12.7 Å². The van der Waals surface area contributed by atoms with Crippen LogP contribution >= 0.6 is 0 Å². The number of anilines is 1. The van der Waals surface area contributed by atoms with Crippen LogP contribution in [0.25, 0.3) is 11.2 Å². The molecule has 2 aliphatic heterocycles. The molecule has 0 aromatic carbocycles. The third-order valence-corrected chi connectivity index (χ3v) is 9.14. The van der Waals surface area contributed by atoms with Crippen molar-refractivity contribution in [2.24, 2.45) is 11.8 Å². The van der Waals surface area contributed by atoms with Crippen molar-refractivity contribution in [3.63, 3.8) is 0 Å². The number of hydrogen-bond acceptors (Lipinski definition) is 6. The summed E-state index contributed by atoms with van der Waals surface area (Å²) in [5.74, 6) is 1.63. The highest BCUT2D eigenvalue weighted by molar-refractivity contribution is 7.89. The Kier molecular flexibility index (Phi) is 4.54. The minimum absolute atomic E-state index is 0.157. The molecule has 2 unspecified atom stereocenters. The molecule has 2 saturated heterocycles. The Bertz CT molecular complexity index is 954. The Hall–Kier alpha value is -1.74. The number of rotatable bonds is 4. The van der Waals surface area contributed by atoms with Gasteiger partial charge >= 0.3 is 0 Å². The number of aromatic nitrogens is 4. The fourth-order valence-corrected chi connectivity index (χ4v) is 7.38. The largest absolute Gasteiger partial charge is 0.354 e. The van der Waals surface area contributed by atoms with E-state index in [4.69, 9.17) is 0 Å². The zero-order chi connectivity index (χ0) is 19.3. The second-order valence-corrected chi connectivity index (χ2v) is 10.7. The zero-order valence-corrected chi connectivity index (χ0v) is 17.2. The summed E-state index contributed by atoms with van der Waals surface area (Å²) in [6.45, 7) is 5.88. The van der Waals surface area contributed by atoms with Crippen LogP contribution in [0.1, 0.15) is 39.0 Å². The van der Waals surface area contributed by atoms with E-state index < -0.39 is 10.0 Å². The maximum absolute atomic E-state index is 13.1. The van der Waals surface area contributed by atoms with Crippen LogP contribution in [0.5, 0.6) is 0 Å². The predicted octanol–water partition coefficient (Wildman–Crippen LogP) is 1.88. The number of sulfonamides is 1. The van der Waals surface area contributed by atoms with Crippen molar-refractivity contribution in [2.75, 3.05) is 31.1 Å². The van der Waals surface area contributed by atoms with Crippen molar-refractivity contribution >= 4 is 27.0 Å². The van der Waals surface area contributed by atoms with Gasteiger partial charge in [0.1, 0.15) is 6.33 Å². The van der Waals surface area contributed by atoms with Gasteiger partial charge in [-0.3, -0.25) is 0 Å². The van der Waals surface area contributed by atoms with Gasteiger partial charge in [0.15, 0.2) is 17.0 Å². The normalized spacial score (nSPS) is 27.0. The molecular formula is C19H28N6O2S. The molecular weight excluding hydrogens is 376 g/mol. The van der Waals surface area contributed by atoms with Crippen LogP contribution in [0, 0.1) is 11.8 Å². The van der Waals surface area contributed by atoms with Gasteiger partial charge in [-0.15, -0.1) is 0 Å². The maximum atomic E-state index is 13.1. The van der Waals surface area contributed by atoms with Crippen molar-refractivity contribution in [1.29, 1.82) is 0 Å². The minimum Gasteiger partial charge on any atom is -0.354 e. The molecule has 1 aliphatic carbocycles. The first-order valence-electron chi connectivity index (χ1n) is 10.5. The van der Waals surface area contributed by atoms with Gasteiger partial charge in [0.2, 0.25) is 10.0 Å². The van der Waals surface area contributed by atoms with E-state index in [1.807, 2.05) is 10.9 Å². The Morgan fingerprint density at radius 2 is 1.71 bits per heavy atom. The van der Waals surface area contributed by atoms with E-state index in [-0.39, 0.29) is 5.25 Å². The predicted molar refractivity (Wildman–Crippen MR) is 108 cm³/mol. The Balaban J connectivity index is 1.32. The van der Waals surface area contributed by atoms with Crippen LogP contribution in [0.3, 0.4) is 0 Å². The highest BCUT2D eigenvalue weighted by atomic mass is 32.2. The topological polar surface area (TPSA) is 84.2 Å². The standard InChI is InChI=1S/C19H28N6O2S/c1-2-23-13-22-17-18(23)20-12-21-19(17)24-8-14-10-25(11-15(14)9-24)28(26,27)16-6-4-3-5-7-16/h12-16H,2-11H2,1H3. The van der Waals surface area contributed by atoms with Crippen LogP contribution in [0.15, 0.2) is 12.7 Å². The van der Waals surface area contributed by atoms with Gasteiger partial charge in [-0.2, -0.15) is 0 Å². The second kappa shape index (κ2) is 6.95. The monoisotopic (exact) mass is 404 g/mol. The molecule has 0 spiro atoms. The molecule has 3 aliphatic rings. The lowest BCUT2D eigenvalue weighted by Gasteiger charge is -2.28. The van der Waals surface area contributed by atoms with Gasteiger partial charge in [0.05, 0.1) is 11.6 Å². The van der Waals surface area contributed by atoms with E-state index in [0.29, 0.717) is 24.9 Å². The quantitative estimate of drug-likeness (QED) is 0.774. The molecule has 152 valence electrons. The first kappa shape index (κ1) is 18.3. The van der Waals surface area contributed by atoms with Crippen molar-refractivity contribution in [1.82, 2.24) is 23.8 Å². The maximum Gasteiger partial charge on any atom is 0.217 e. The summed E-state index contributed by atoms with van der Waals surface area (Å²) in [5, 5.41) is -0.157. The average molecular weight is 405 g/mol. The zero-order valence-electron chi connectivity index (χ0n) is 16.4. The first-order valence-corrected chi connectivity index (χ1v) is 12.0. The average Bonchev–Trinajstić information content (AvgIpc) is 3.41. The summed E-state index contributed by atoms with van der Waals surface area (Å²) < 4.78 is 29.9. The third kappa shape index (κ3) is 2.90. The molecule has 9 heteroatoms.